The lowest BCUT2D eigenvalue weighted by Gasteiger charge is -2.09. The normalized spacial score (nSPS) is 10.3. The van der Waals surface area contributed by atoms with Crippen LogP contribution in [0.5, 0.6) is 5.75 Å². The zero-order chi connectivity index (χ0) is 19.8. The summed E-state index contributed by atoms with van der Waals surface area (Å²) < 4.78 is 5.01. The Morgan fingerprint density at radius 2 is 1.78 bits per heavy atom. The fourth-order valence-electron chi connectivity index (χ4n) is 2.36. The predicted octanol–water partition coefficient (Wildman–Crippen LogP) is 3.97. The van der Waals surface area contributed by atoms with Gasteiger partial charge in [0.25, 0.3) is 0 Å². The Morgan fingerprint density at radius 3 is 2.37 bits per heavy atom. The third-order valence-electron chi connectivity index (χ3n) is 3.83. The van der Waals surface area contributed by atoms with E-state index in [1.807, 2.05) is 19.1 Å². The minimum absolute atomic E-state index is 0.0449. The first-order chi connectivity index (χ1) is 12.9. The number of carboxylic acids is 1. The van der Waals surface area contributed by atoms with Gasteiger partial charge in [-0.15, -0.1) is 0 Å². The van der Waals surface area contributed by atoms with E-state index in [0.717, 1.165) is 12.0 Å². The summed E-state index contributed by atoms with van der Waals surface area (Å²) in [6, 6.07) is 11.8. The van der Waals surface area contributed by atoms with E-state index >= 15 is 0 Å². The van der Waals surface area contributed by atoms with Crippen LogP contribution in [-0.4, -0.2) is 29.4 Å². The van der Waals surface area contributed by atoms with Gasteiger partial charge in [-0.2, -0.15) is 0 Å². The van der Waals surface area contributed by atoms with Crippen molar-refractivity contribution in [3.63, 3.8) is 0 Å². The summed E-state index contributed by atoms with van der Waals surface area (Å²) in [7, 11) is 0. The van der Waals surface area contributed by atoms with Crippen molar-refractivity contribution >= 4 is 34.9 Å². The molecule has 2 aromatic rings. The molecule has 0 aliphatic heterocycles. The van der Waals surface area contributed by atoms with Crippen LogP contribution in [0, 0.1) is 0 Å². The first kappa shape index (κ1) is 20.5. The fraction of sp³-hybridized carbons (Fsp3) is 0.250. The first-order valence-electron chi connectivity index (χ1n) is 8.45. The van der Waals surface area contributed by atoms with Crippen molar-refractivity contribution in [1.82, 2.24) is 0 Å². The summed E-state index contributed by atoms with van der Waals surface area (Å²) in [5.41, 5.74) is 2.17. The van der Waals surface area contributed by atoms with Crippen LogP contribution >= 0.6 is 11.6 Å². The number of rotatable bonds is 9. The quantitative estimate of drug-likeness (QED) is 0.633. The SMILES string of the molecule is CCc1ccc(C(=O)CCC(=O)Nc2ccc(OCC(=O)O)c(Cl)c2)cc1. The molecule has 0 bridgehead atoms. The Kier molecular flexibility index (Phi) is 7.37. The van der Waals surface area contributed by atoms with Crippen LogP contribution in [-0.2, 0) is 16.0 Å². The maximum atomic E-state index is 12.2. The number of ketones is 1. The second-order valence-corrected chi connectivity index (χ2v) is 6.26. The van der Waals surface area contributed by atoms with Gasteiger partial charge in [-0.05, 0) is 30.2 Å². The van der Waals surface area contributed by atoms with Gasteiger partial charge in [-0.1, -0.05) is 42.8 Å². The monoisotopic (exact) mass is 389 g/mol. The molecule has 6 nitrogen and oxygen atoms in total. The first-order valence-corrected chi connectivity index (χ1v) is 8.83. The smallest absolute Gasteiger partial charge is 0.341 e. The molecule has 2 aromatic carbocycles. The molecule has 2 N–H and O–H groups in total. The number of halogens is 1. The van der Waals surface area contributed by atoms with Gasteiger partial charge in [0.05, 0.1) is 5.02 Å². The number of nitrogens with one attached hydrogen (secondary N) is 1. The van der Waals surface area contributed by atoms with Crippen molar-refractivity contribution in [2.75, 3.05) is 11.9 Å². The number of aryl methyl sites for hydroxylation is 1. The van der Waals surface area contributed by atoms with E-state index in [1.54, 1.807) is 18.2 Å². The molecule has 0 spiro atoms. The molecule has 0 saturated heterocycles. The number of Topliss-reactive ketones (excluding diaryl/α,β-unsaturated/α-hetero) is 1. The molecule has 2 rings (SSSR count). The van der Waals surface area contributed by atoms with E-state index in [4.69, 9.17) is 21.4 Å². The molecular formula is C20H20ClNO5. The Balaban J connectivity index is 1.86. The zero-order valence-corrected chi connectivity index (χ0v) is 15.6. The summed E-state index contributed by atoms with van der Waals surface area (Å²) in [5, 5.41) is 11.4. The summed E-state index contributed by atoms with van der Waals surface area (Å²) in [6.07, 6.45) is 1.05. The summed E-state index contributed by atoms with van der Waals surface area (Å²) in [4.78, 5) is 34.7. The number of hydrogen-bond donors (Lipinski definition) is 2. The molecule has 0 aromatic heterocycles. The number of hydrogen-bond acceptors (Lipinski definition) is 4. The van der Waals surface area contributed by atoms with Crippen LogP contribution < -0.4 is 10.1 Å². The van der Waals surface area contributed by atoms with Gasteiger partial charge in [-0.3, -0.25) is 9.59 Å². The predicted molar refractivity (Wildman–Crippen MR) is 103 cm³/mol. The number of benzene rings is 2. The van der Waals surface area contributed by atoms with Crippen LogP contribution in [0.15, 0.2) is 42.5 Å². The van der Waals surface area contributed by atoms with E-state index in [0.29, 0.717) is 11.3 Å². The number of carbonyl (C=O) groups is 3. The van der Waals surface area contributed by atoms with Crippen LogP contribution in [0.1, 0.15) is 35.7 Å². The molecule has 0 atom stereocenters. The zero-order valence-electron chi connectivity index (χ0n) is 14.8. The van der Waals surface area contributed by atoms with Crippen LogP contribution in [0.3, 0.4) is 0 Å². The van der Waals surface area contributed by atoms with Gasteiger partial charge < -0.3 is 15.2 Å². The highest BCUT2D eigenvalue weighted by molar-refractivity contribution is 6.32. The van der Waals surface area contributed by atoms with E-state index in [-0.39, 0.29) is 35.3 Å². The highest BCUT2D eigenvalue weighted by atomic mass is 35.5. The van der Waals surface area contributed by atoms with Crippen molar-refractivity contribution in [2.45, 2.75) is 26.2 Å². The van der Waals surface area contributed by atoms with Gasteiger partial charge >= 0.3 is 5.97 Å². The minimum atomic E-state index is -1.11. The molecule has 0 unspecified atom stereocenters. The third-order valence-corrected chi connectivity index (χ3v) is 4.13. The fourth-order valence-corrected chi connectivity index (χ4v) is 2.59. The molecule has 27 heavy (non-hydrogen) atoms. The lowest BCUT2D eigenvalue weighted by atomic mass is 10.0. The summed E-state index contributed by atoms with van der Waals surface area (Å²) in [6.45, 7) is 1.53. The van der Waals surface area contributed by atoms with Crippen molar-refractivity contribution in [2.24, 2.45) is 0 Å². The summed E-state index contributed by atoms with van der Waals surface area (Å²) >= 11 is 6.01. The molecular weight excluding hydrogens is 370 g/mol. The standard InChI is InChI=1S/C20H20ClNO5/c1-2-13-3-5-14(6-4-13)17(23)8-10-19(24)22-15-7-9-18(16(21)11-15)27-12-20(25)26/h3-7,9,11H,2,8,10,12H2,1H3,(H,22,24)(H,25,26). The molecule has 0 saturated carbocycles. The number of ether oxygens (including phenoxy) is 1. The van der Waals surface area contributed by atoms with E-state index in [9.17, 15) is 14.4 Å². The Hall–Kier alpha value is -2.86. The van der Waals surface area contributed by atoms with Crippen molar-refractivity contribution in [3.8, 4) is 5.75 Å². The summed E-state index contributed by atoms with van der Waals surface area (Å²) in [5.74, 6) is -1.31. The largest absolute Gasteiger partial charge is 0.480 e. The Labute approximate surface area is 162 Å². The van der Waals surface area contributed by atoms with Gasteiger partial charge in [0, 0.05) is 24.1 Å². The molecule has 7 heteroatoms. The molecule has 0 aliphatic rings. The lowest BCUT2D eigenvalue weighted by Crippen LogP contribution is -2.14. The van der Waals surface area contributed by atoms with Crippen molar-refractivity contribution < 1.29 is 24.2 Å². The van der Waals surface area contributed by atoms with E-state index in [2.05, 4.69) is 5.32 Å². The molecule has 0 heterocycles. The van der Waals surface area contributed by atoms with Crippen LogP contribution in [0.4, 0.5) is 5.69 Å². The van der Waals surface area contributed by atoms with E-state index in [1.165, 1.54) is 12.1 Å². The molecule has 0 aliphatic carbocycles. The average Bonchev–Trinajstić information content (AvgIpc) is 2.65. The molecule has 1 amide bonds. The lowest BCUT2D eigenvalue weighted by molar-refractivity contribution is -0.139. The van der Waals surface area contributed by atoms with Gasteiger partial charge in [-0.25, -0.2) is 4.79 Å². The van der Waals surface area contributed by atoms with Crippen molar-refractivity contribution in [1.29, 1.82) is 0 Å². The van der Waals surface area contributed by atoms with Crippen LogP contribution in [0.2, 0.25) is 5.02 Å². The molecule has 0 fully saturated rings. The highest BCUT2D eigenvalue weighted by Gasteiger charge is 2.11. The van der Waals surface area contributed by atoms with E-state index < -0.39 is 12.6 Å². The second-order valence-electron chi connectivity index (χ2n) is 5.85. The Bertz CT molecular complexity index is 833. The molecule has 0 radical (unpaired) electrons. The maximum absolute atomic E-state index is 12.2. The van der Waals surface area contributed by atoms with Crippen molar-refractivity contribution in [3.05, 3.63) is 58.6 Å². The second kappa shape index (κ2) is 9.73. The number of amides is 1. The molecule has 142 valence electrons. The Morgan fingerprint density at radius 1 is 1.07 bits per heavy atom. The van der Waals surface area contributed by atoms with Gasteiger partial charge in [0.15, 0.2) is 12.4 Å². The van der Waals surface area contributed by atoms with Crippen LogP contribution in [0.25, 0.3) is 0 Å². The maximum Gasteiger partial charge on any atom is 0.341 e. The highest BCUT2D eigenvalue weighted by Crippen LogP contribution is 2.27. The third kappa shape index (κ3) is 6.42. The topological polar surface area (TPSA) is 92.7 Å². The number of anilines is 1. The number of carbonyl (C=O) groups excluding carboxylic acids is 2. The van der Waals surface area contributed by atoms with Gasteiger partial charge in [0.1, 0.15) is 5.75 Å². The number of carboxylic acid groups (broad SMARTS) is 1. The minimum Gasteiger partial charge on any atom is -0.480 e. The van der Waals surface area contributed by atoms with Gasteiger partial charge in [0.2, 0.25) is 5.91 Å². The number of aliphatic carboxylic acids is 1. The average molecular weight is 390 g/mol.